The number of rotatable bonds is 5. The van der Waals surface area contributed by atoms with E-state index >= 15 is 0 Å². The van der Waals surface area contributed by atoms with Crippen LogP contribution < -0.4 is 5.73 Å². The Morgan fingerprint density at radius 1 is 1.29 bits per heavy atom. The number of halogens is 1. The second-order valence-corrected chi connectivity index (χ2v) is 6.00. The molecule has 1 aliphatic heterocycles. The first-order chi connectivity index (χ1) is 10.1. The Morgan fingerprint density at radius 2 is 2.00 bits per heavy atom. The number of piperidine rings is 1. The molecule has 0 spiro atoms. The molecule has 0 unspecified atom stereocenters. The minimum atomic E-state index is -0.298. The maximum Gasteiger partial charge on any atom is 0.222 e. The summed E-state index contributed by atoms with van der Waals surface area (Å²) in [5.74, 6) is -0.359. The lowest BCUT2D eigenvalue weighted by atomic mass is 9.97. The zero-order chi connectivity index (χ0) is 15.2. The molecule has 21 heavy (non-hydrogen) atoms. The van der Waals surface area contributed by atoms with E-state index in [0.717, 1.165) is 37.3 Å². The SMILES string of the molecule is NC(=O)[C@H]1CCCN(C(=O)CCCc2ccc(Cl)cc2)C1. The number of hydrogen-bond donors (Lipinski definition) is 1. The van der Waals surface area contributed by atoms with Crippen molar-refractivity contribution in [2.24, 2.45) is 11.7 Å². The highest BCUT2D eigenvalue weighted by molar-refractivity contribution is 6.30. The van der Waals surface area contributed by atoms with Crippen LogP contribution in [0.5, 0.6) is 0 Å². The monoisotopic (exact) mass is 308 g/mol. The van der Waals surface area contributed by atoms with Gasteiger partial charge in [-0.05, 0) is 43.4 Å². The summed E-state index contributed by atoms with van der Waals surface area (Å²) in [5.41, 5.74) is 6.51. The second kappa shape index (κ2) is 7.46. The summed E-state index contributed by atoms with van der Waals surface area (Å²) in [4.78, 5) is 25.2. The first kappa shape index (κ1) is 15.8. The van der Waals surface area contributed by atoms with Crippen molar-refractivity contribution in [3.63, 3.8) is 0 Å². The van der Waals surface area contributed by atoms with Crippen LogP contribution in [0, 0.1) is 5.92 Å². The Labute approximate surface area is 130 Å². The number of carbonyl (C=O) groups excluding carboxylic acids is 2. The van der Waals surface area contributed by atoms with Crippen molar-refractivity contribution in [2.45, 2.75) is 32.1 Å². The van der Waals surface area contributed by atoms with Gasteiger partial charge in [0, 0.05) is 24.5 Å². The summed E-state index contributed by atoms with van der Waals surface area (Å²) < 4.78 is 0. The lowest BCUT2D eigenvalue weighted by molar-refractivity contribution is -0.135. The normalized spacial score (nSPS) is 18.5. The molecular formula is C16H21ClN2O2. The number of aryl methyl sites for hydroxylation is 1. The first-order valence-corrected chi connectivity index (χ1v) is 7.75. The minimum Gasteiger partial charge on any atom is -0.369 e. The van der Waals surface area contributed by atoms with Gasteiger partial charge in [-0.2, -0.15) is 0 Å². The van der Waals surface area contributed by atoms with E-state index in [1.165, 1.54) is 5.56 Å². The Hall–Kier alpha value is -1.55. The zero-order valence-electron chi connectivity index (χ0n) is 12.1. The summed E-state index contributed by atoms with van der Waals surface area (Å²) in [5, 5.41) is 0.723. The van der Waals surface area contributed by atoms with E-state index < -0.39 is 0 Å². The molecule has 5 heteroatoms. The lowest BCUT2D eigenvalue weighted by Gasteiger charge is -2.31. The van der Waals surface area contributed by atoms with Crippen molar-refractivity contribution >= 4 is 23.4 Å². The highest BCUT2D eigenvalue weighted by Crippen LogP contribution is 2.18. The zero-order valence-corrected chi connectivity index (χ0v) is 12.8. The number of amides is 2. The van der Waals surface area contributed by atoms with Crippen LogP contribution in [0.1, 0.15) is 31.2 Å². The molecule has 1 fully saturated rings. The lowest BCUT2D eigenvalue weighted by Crippen LogP contribution is -2.44. The van der Waals surface area contributed by atoms with Crippen LogP contribution in [-0.4, -0.2) is 29.8 Å². The number of likely N-dealkylation sites (tertiary alicyclic amines) is 1. The smallest absolute Gasteiger partial charge is 0.222 e. The second-order valence-electron chi connectivity index (χ2n) is 5.56. The van der Waals surface area contributed by atoms with Gasteiger partial charge in [0.2, 0.25) is 11.8 Å². The molecule has 0 radical (unpaired) electrons. The standard InChI is InChI=1S/C16H21ClN2O2/c17-14-8-6-12(7-9-14)3-1-5-15(20)19-10-2-4-13(11-19)16(18)21/h6-9,13H,1-5,10-11H2,(H2,18,21)/t13-/m0/s1. The van der Waals surface area contributed by atoms with Gasteiger partial charge >= 0.3 is 0 Å². The van der Waals surface area contributed by atoms with Crippen molar-refractivity contribution in [3.8, 4) is 0 Å². The van der Waals surface area contributed by atoms with Gasteiger partial charge in [0.05, 0.1) is 5.92 Å². The van der Waals surface area contributed by atoms with Crippen molar-refractivity contribution in [1.82, 2.24) is 4.90 Å². The number of nitrogens with zero attached hydrogens (tertiary/aromatic N) is 1. The van der Waals surface area contributed by atoms with E-state index in [0.29, 0.717) is 13.0 Å². The third kappa shape index (κ3) is 4.74. The van der Waals surface area contributed by atoms with E-state index in [9.17, 15) is 9.59 Å². The van der Waals surface area contributed by atoms with Gasteiger partial charge in [-0.25, -0.2) is 0 Å². The summed E-state index contributed by atoms with van der Waals surface area (Å²) in [7, 11) is 0. The molecule has 2 amide bonds. The molecule has 1 aliphatic rings. The van der Waals surface area contributed by atoms with Crippen LogP contribution in [0.2, 0.25) is 5.02 Å². The summed E-state index contributed by atoms with van der Waals surface area (Å²) in [6.07, 6.45) is 3.82. The van der Waals surface area contributed by atoms with E-state index in [1.54, 1.807) is 4.90 Å². The largest absolute Gasteiger partial charge is 0.369 e. The molecule has 4 nitrogen and oxygen atoms in total. The number of hydrogen-bond acceptors (Lipinski definition) is 2. The van der Waals surface area contributed by atoms with Crippen LogP contribution in [-0.2, 0) is 16.0 Å². The van der Waals surface area contributed by atoms with Crippen LogP contribution in [0.4, 0.5) is 0 Å². The molecule has 1 saturated heterocycles. The molecule has 0 aliphatic carbocycles. The highest BCUT2D eigenvalue weighted by Gasteiger charge is 2.26. The molecular weight excluding hydrogens is 288 g/mol. The van der Waals surface area contributed by atoms with E-state index in [1.807, 2.05) is 24.3 Å². The van der Waals surface area contributed by atoms with Crippen molar-refractivity contribution in [3.05, 3.63) is 34.9 Å². The molecule has 0 aromatic heterocycles. The summed E-state index contributed by atoms with van der Waals surface area (Å²) >= 11 is 5.84. The summed E-state index contributed by atoms with van der Waals surface area (Å²) in [6, 6.07) is 7.69. The Balaban J connectivity index is 1.76. The maximum atomic E-state index is 12.2. The predicted octanol–water partition coefficient (Wildman–Crippen LogP) is 2.39. The molecule has 0 bridgehead atoms. The van der Waals surface area contributed by atoms with Gasteiger partial charge in [-0.15, -0.1) is 0 Å². The Kier molecular flexibility index (Phi) is 5.62. The number of benzene rings is 1. The Morgan fingerprint density at radius 3 is 2.67 bits per heavy atom. The number of carbonyl (C=O) groups is 2. The van der Waals surface area contributed by atoms with Gasteiger partial charge in [-0.1, -0.05) is 23.7 Å². The average Bonchev–Trinajstić information content (AvgIpc) is 2.49. The fourth-order valence-corrected chi connectivity index (χ4v) is 2.81. The van der Waals surface area contributed by atoms with E-state index in [-0.39, 0.29) is 17.7 Å². The summed E-state index contributed by atoms with van der Waals surface area (Å²) in [6.45, 7) is 1.22. The van der Waals surface area contributed by atoms with E-state index in [4.69, 9.17) is 17.3 Å². The third-order valence-electron chi connectivity index (χ3n) is 3.95. The van der Waals surface area contributed by atoms with Gasteiger partial charge in [-0.3, -0.25) is 9.59 Å². The topological polar surface area (TPSA) is 63.4 Å². The van der Waals surface area contributed by atoms with Crippen LogP contribution >= 0.6 is 11.6 Å². The molecule has 114 valence electrons. The maximum absolute atomic E-state index is 12.2. The number of nitrogens with two attached hydrogens (primary N) is 1. The third-order valence-corrected chi connectivity index (χ3v) is 4.20. The first-order valence-electron chi connectivity index (χ1n) is 7.38. The van der Waals surface area contributed by atoms with Crippen LogP contribution in [0.15, 0.2) is 24.3 Å². The van der Waals surface area contributed by atoms with Gasteiger partial charge in [0.15, 0.2) is 0 Å². The molecule has 2 N–H and O–H groups in total. The predicted molar refractivity (Wildman–Crippen MR) is 82.9 cm³/mol. The quantitative estimate of drug-likeness (QED) is 0.907. The van der Waals surface area contributed by atoms with Gasteiger partial charge in [0.1, 0.15) is 0 Å². The molecule has 0 saturated carbocycles. The minimum absolute atomic E-state index is 0.120. The van der Waals surface area contributed by atoms with Crippen molar-refractivity contribution in [1.29, 1.82) is 0 Å². The van der Waals surface area contributed by atoms with Crippen molar-refractivity contribution in [2.75, 3.05) is 13.1 Å². The average molecular weight is 309 g/mol. The Bertz CT molecular complexity index is 502. The molecule has 1 atom stereocenters. The fourth-order valence-electron chi connectivity index (χ4n) is 2.69. The fraction of sp³-hybridized carbons (Fsp3) is 0.500. The molecule has 1 aromatic carbocycles. The van der Waals surface area contributed by atoms with Crippen LogP contribution in [0.3, 0.4) is 0 Å². The van der Waals surface area contributed by atoms with Crippen molar-refractivity contribution < 1.29 is 9.59 Å². The van der Waals surface area contributed by atoms with Gasteiger partial charge < -0.3 is 10.6 Å². The highest BCUT2D eigenvalue weighted by atomic mass is 35.5. The molecule has 1 aromatic rings. The molecule has 1 heterocycles. The number of primary amides is 1. The van der Waals surface area contributed by atoms with E-state index in [2.05, 4.69) is 0 Å². The van der Waals surface area contributed by atoms with Gasteiger partial charge in [0.25, 0.3) is 0 Å². The molecule has 2 rings (SSSR count). The van der Waals surface area contributed by atoms with Crippen LogP contribution in [0.25, 0.3) is 0 Å².